The highest BCUT2D eigenvalue weighted by atomic mass is 79.9. The van der Waals surface area contributed by atoms with Gasteiger partial charge in [0.05, 0.1) is 18.1 Å². The third-order valence-corrected chi connectivity index (χ3v) is 4.92. The highest BCUT2D eigenvalue weighted by Gasteiger charge is 2.29. The molecule has 1 aromatic heterocycles. The summed E-state index contributed by atoms with van der Waals surface area (Å²) >= 11 is 3.23. The van der Waals surface area contributed by atoms with E-state index in [1.165, 1.54) is 6.26 Å². The van der Waals surface area contributed by atoms with E-state index in [-0.39, 0.29) is 11.9 Å². The molecule has 1 aliphatic heterocycles. The number of sulfonamides is 1. The quantitative estimate of drug-likeness (QED) is 0.849. The SMILES string of the molecule is CS(=O)(=O)NCCC1CCCCN1C(=O)c1ccoc1Br. The first-order chi connectivity index (χ1) is 9.88. The van der Waals surface area contributed by atoms with Gasteiger partial charge in [0.1, 0.15) is 0 Å². The van der Waals surface area contributed by atoms with Crippen molar-refractivity contribution in [2.24, 2.45) is 0 Å². The van der Waals surface area contributed by atoms with Gasteiger partial charge in [0.15, 0.2) is 4.67 Å². The van der Waals surface area contributed by atoms with Gasteiger partial charge in [0.2, 0.25) is 10.0 Å². The third kappa shape index (κ3) is 4.55. The molecule has 1 unspecified atom stereocenters. The summed E-state index contributed by atoms with van der Waals surface area (Å²) in [6, 6.07) is 1.70. The van der Waals surface area contributed by atoms with Gasteiger partial charge in [0.25, 0.3) is 5.91 Å². The van der Waals surface area contributed by atoms with Gasteiger partial charge in [-0.25, -0.2) is 13.1 Å². The number of carbonyl (C=O) groups is 1. The molecule has 1 aliphatic rings. The van der Waals surface area contributed by atoms with Crippen LogP contribution >= 0.6 is 15.9 Å². The zero-order valence-corrected chi connectivity index (χ0v) is 14.2. The van der Waals surface area contributed by atoms with Crippen LogP contribution in [0.25, 0.3) is 0 Å². The fraction of sp³-hybridized carbons (Fsp3) is 0.615. The van der Waals surface area contributed by atoms with Gasteiger partial charge in [-0.05, 0) is 47.7 Å². The van der Waals surface area contributed by atoms with Crippen molar-refractivity contribution in [2.45, 2.75) is 31.7 Å². The molecule has 118 valence electrons. The Labute approximate surface area is 133 Å². The molecule has 21 heavy (non-hydrogen) atoms. The molecule has 0 saturated carbocycles. The molecule has 0 bridgehead atoms. The lowest BCUT2D eigenvalue weighted by atomic mass is 9.98. The molecule has 1 amide bonds. The largest absolute Gasteiger partial charge is 0.457 e. The lowest BCUT2D eigenvalue weighted by Gasteiger charge is -2.35. The van der Waals surface area contributed by atoms with Crippen molar-refractivity contribution in [3.63, 3.8) is 0 Å². The number of hydrogen-bond donors (Lipinski definition) is 1. The summed E-state index contributed by atoms with van der Waals surface area (Å²) in [5.41, 5.74) is 0.512. The maximum atomic E-state index is 12.5. The second-order valence-corrected chi connectivity index (χ2v) is 7.76. The lowest BCUT2D eigenvalue weighted by molar-refractivity contribution is 0.0602. The number of hydrogen-bond acceptors (Lipinski definition) is 4. The first kappa shape index (κ1) is 16.5. The molecule has 0 aromatic carbocycles. The molecular formula is C13H19BrN2O4S. The zero-order chi connectivity index (χ0) is 15.5. The Morgan fingerprint density at radius 3 is 2.90 bits per heavy atom. The third-order valence-electron chi connectivity index (χ3n) is 3.58. The van der Waals surface area contributed by atoms with E-state index < -0.39 is 10.0 Å². The molecule has 0 radical (unpaired) electrons. The summed E-state index contributed by atoms with van der Waals surface area (Å²) in [5.74, 6) is -0.0697. The number of nitrogens with zero attached hydrogens (tertiary/aromatic N) is 1. The van der Waals surface area contributed by atoms with Crippen LogP contribution in [-0.2, 0) is 10.0 Å². The smallest absolute Gasteiger partial charge is 0.258 e. The average Bonchev–Trinajstić information content (AvgIpc) is 2.83. The Hall–Kier alpha value is -0.860. The minimum absolute atomic E-state index is 0.0577. The van der Waals surface area contributed by atoms with Gasteiger partial charge in [-0.1, -0.05) is 0 Å². The van der Waals surface area contributed by atoms with E-state index in [0.29, 0.717) is 29.7 Å². The molecule has 1 aromatic rings. The van der Waals surface area contributed by atoms with Crippen LogP contribution in [0.15, 0.2) is 21.4 Å². The first-order valence-electron chi connectivity index (χ1n) is 6.87. The molecule has 2 heterocycles. The molecule has 1 saturated heterocycles. The second-order valence-electron chi connectivity index (χ2n) is 5.21. The molecule has 0 aliphatic carbocycles. The summed E-state index contributed by atoms with van der Waals surface area (Å²) in [6.45, 7) is 1.04. The van der Waals surface area contributed by atoms with Gasteiger partial charge >= 0.3 is 0 Å². The van der Waals surface area contributed by atoms with E-state index in [1.807, 2.05) is 4.90 Å². The zero-order valence-electron chi connectivity index (χ0n) is 11.8. The van der Waals surface area contributed by atoms with Crippen molar-refractivity contribution in [2.75, 3.05) is 19.3 Å². The molecule has 1 N–H and O–H groups in total. The summed E-state index contributed by atoms with van der Waals surface area (Å²) in [7, 11) is -3.19. The molecule has 8 heteroatoms. The summed E-state index contributed by atoms with van der Waals surface area (Å²) in [4.78, 5) is 14.4. The number of amides is 1. The van der Waals surface area contributed by atoms with Crippen LogP contribution in [0, 0.1) is 0 Å². The molecule has 1 atom stereocenters. The second kappa shape index (κ2) is 6.93. The molecular weight excluding hydrogens is 360 g/mol. The minimum atomic E-state index is -3.19. The molecule has 2 rings (SSSR count). The van der Waals surface area contributed by atoms with E-state index in [0.717, 1.165) is 25.5 Å². The molecule has 1 fully saturated rings. The van der Waals surface area contributed by atoms with Gasteiger partial charge in [-0.3, -0.25) is 4.79 Å². The number of likely N-dealkylation sites (tertiary alicyclic amines) is 1. The number of furan rings is 1. The standard InChI is InChI=1S/C13H19BrN2O4S/c1-21(18,19)15-7-5-10-4-2-3-8-16(10)13(17)11-6-9-20-12(11)14/h6,9-10,15H,2-5,7-8H2,1H3. The van der Waals surface area contributed by atoms with Crippen molar-refractivity contribution in [1.29, 1.82) is 0 Å². The Kier molecular flexibility index (Phi) is 5.45. The molecule has 0 spiro atoms. The van der Waals surface area contributed by atoms with Crippen molar-refractivity contribution in [3.05, 3.63) is 22.6 Å². The monoisotopic (exact) mass is 378 g/mol. The number of nitrogens with one attached hydrogen (secondary N) is 1. The van der Waals surface area contributed by atoms with Crippen LogP contribution < -0.4 is 4.72 Å². The fourth-order valence-corrected chi connectivity index (χ4v) is 3.48. The molecule has 6 nitrogen and oxygen atoms in total. The summed E-state index contributed by atoms with van der Waals surface area (Å²) in [6.07, 6.45) is 6.15. The summed E-state index contributed by atoms with van der Waals surface area (Å²) in [5, 5.41) is 0. The highest BCUT2D eigenvalue weighted by Crippen LogP contribution is 2.25. The van der Waals surface area contributed by atoms with E-state index in [4.69, 9.17) is 4.42 Å². The van der Waals surface area contributed by atoms with Crippen LogP contribution in [0.5, 0.6) is 0 Å². The minimum Gasteiger partial charge on any atom is -0.457 e. The number of rotatable bonds is 5. The average molecular weight is 379 g/mol. The van der Waals surface area contributed by atoms with Gasteiger partial charge < -0.3 is 9.32 Å². The Morgan fingerprint density at radius 2 is 2.29 bits per heavy atom. The van der Waals surface area contributed by atoms with E-state index >= 15 is 0 Å². The highest BCUT2D eigenvalue weighted by molar-refractivity contribution is 9.10. The Morgan fingerprint density at radius 1 is 1.52 bits per heavy atom. The Balaban J connectivity index is 2.02. The number of piperidine rings is 1. The number of halogens is 1. The van der Waals surface area contributed by atoms with E-state index in [1.54, 1.807) is 6.07 Å². The first-order valence-corrected chi connectivity index (χ1v) is 9.55. The Bertz CT molecular complexity index is 599. The van der Waals surface area contributed by atoms with Crippen LogP contribution in [-0.4, -0.2) is 44.6 Å². The summed E-state index contributed by atoms with van der Waals surface area (Å²) < 4.78 is 30.3. The van der Waals surface area contributed by atoms with Crippen LogP contribution in [0.3, 0.4) is 0 Å². The lowest BCUT2D eigenvalue weighted by Crippen LogP contribution is -2.45. The van der Waals surface area contributed by atoms with Crippen LogP contribution in [0.1, 0.15) is 36.0 Å². The van der Waals surface area contributed by atoms with Crippen molar-refractivity contribution in [3.8, 4) is 0 Å². The van der Waals surface area contributed by atoms with Crippen LogP contribution in [0.2, 0.25) is 0 Å². The van der Waals surface area contributed by atoms with Crippen LogP contribution in [0.4, 0.5) is 0 Å². The van der Waals surface area contributed by atoms with Crippen molar-refractivity contribution < 1.29 is 17.6 Å². The van der Waals surface area contributed by atoms with Gasteiger partial charge in [-0.2, -0.15) is 0 Å². The number of carbonyl (C=O) groups excluding carboxylic acids is 1. The van der Waals surface area contributed by atoms with Gasteiger partial charge in [-0.15, -0.1) is 0 Å². The fourth-order valence-electron chi connectivity index (χ4n) is 2.58. The van der Waals surface area contributed by atoms with Gasteiger partial charge in [0, 0.05) is 19.1 Å². The topological polar surface area (TPSA) is 79.6 Å². The van der Waals surface area contributed by atoms with E-state index in [2.05, 4.69) is 20.7 Å². The van der Waals surface area contributed by atoms with Crippen molar-refractivity contribution in [1.82, 2.24) is 9.62 Å². The maximum Gasteiger partial charge on any atom is 0.258 e. The predicted molar refractivity (Wildman–Crippen MR) is 82.5 cm³/mol. The maximum absolute atomic E-state index is 12.5. The predicted octanol–water partition coefficient (Wildman–Crippen LogP) is 1.98. The van der Waals surface area contributed by atoms with E-state index in [9.17, 15) is 13.2 Å². The van der Waals surface area contributed by atoms with Crippen molar-refractivity contribution >= 4 is 31.9 Å². The normalized spacial score (nSPS) is 19.7.